The normalized spacial score (nSPS) is 14.5. The van der Waals surface area contributed by atoms with Gasteiger partial charge >= 0.3 is 20.1 Å². The molecule has 0 heterocycles. The van der Waals surface area contributed by atoms with Crippen LogP contribution < -0.4 is 32.7 Å². The molecule has 5 amide bonds. The Morgan fingerprint density at radius 2 is 1.24 bits per heavy atom. The van der Waals surface area contributed by atoms with Crippen LogP contribution in [0, 0.1) is 0 Å². The molecule has 5 atom stereocenters. The van der Waals surface area contributed by atoms with E-state index in [0.717, 1.165) is 0 Å². The van der Waals surface area contributed by atoms with Crippen molar-refractivity contribution in [3.05, 3.63) is 29.8 Å². The highest BCUT2D eigenvalue weighted by atomic mass is 31.2. The molecule has 46 heavy (non-hydrogen) atoms. The minimum absolute atomic E-state index is 0.0861. The highest BCUT2D eigenvalue weighted by Gasteiger charge is 2.38. The number of quaternary nitrogens is 1. The van der Waals surface area contributed by atoms with Gasteiger partial charge in [0.1, 0.15) is 36.5 Å². The maximum Gasteiger partial charge on any atom is 0.567 e. The fourth-order valence-corrected chi connectivity index (χ4v) is 4.00. The average molecular weight is 679 g/mol. The average Bonchev–Trinajstić information content (AvgIpc) is 2.94. The quantitative estimate of drug-likeness (QED) is 0.0578. The molecule has 15 N–H and O–H groups in total. The lowest BCUT2D eigenvalue weighted by atomic mass is 10.0. The molecule has 0 saturated heterocycles. The van der Waals surface area contributed by atoms with E-state index in [1.54, 1.807) is 0 Å². The van der Waals surface area contributed by atoms with Crippen molar-refractivity contribution in [2.45, 2.75) is 69.2 Å². The fraction of sp³-hybridized carbons (Fsp3) is 0.480. The summed E-state index contributed by atoms with van der Waals surface area (Å²) in [6.07, 6.45) is -2.39. The van der Waals surface area contributed by atoms with Crippen LogP contribution in [0.1, 0.15) is 38.2 Å². The summed E-state index contributed by atoms with van der Waals surface area (Å²) in [4.78, 5) is 114. The van der Waals surface area contributed by atoms with Crippen molar-refractivity contribution in [3.8, 4) is 5.75 Å². The Hall–Kier alpha value is -4.46. The van der Waals surface area contributed by atoms with E-state index in [2.05, 4.69) is 31.5 Å². The number of phenolic OH excluding ortho intramolecular Hbond substituents is 1. The Kier molecular flexibility index (Phi) is 15.9. The van der Waals surface area contributed by atoms with Crippen LogP contribution in [0.3, 0.4) is 0 Å². The van der Waals surface area contributed by atoms with E-state index < -0.39 is 112 Å². The number of carboxylic acid groups (broad SMARTS) is 2. The Morgan fingerprint density at radius 1 is 0.783 bits per heavy atom. The highest BCUT2D eigenvalue weighted by molar-refractivity contribution is 7.53. The van der Waals surface area contributed by atoms with Gasteiger partial charge in [0.25, 0.3) is 5.91 Å². The van der Waals surface area contributed by atoms with E-state index in [-0.39, 0.29) is 12.2 Å². The van der Waals surface area contributed by atoms with Crippen LogP contribution in [0.4, 0.5) is 0 Å². The van der Waals surface area contributed by atoms with E-state index in [1.807, 2.05) is 0 Å². The predicted octanol–water partition coefficient (Wildman–Crippen LogP) is -4.61. The van der Waals surface area contributed by atoms with Crippen molar-refractivity contribution in [3.63, 3.8) is 0 Å². The number of primary amides is 1. The van der Waals surface area contributed by atoms with Gasteiger partial charge in [-0.05, 0) is 37.5 Å². The van der Waals surface area contributed by atoms with Gasteiger partial charge in [0.2, 0.25) is 23.6 Å². The van der Waals surface area contributed by atoms with Crippen LogP contribution in [-0.2, 0) is 44.5 Å². The zero-order chi connectivity index (χ0) is 35.2. The molecular weight excluding hydrogens is 639 g/mol. The van der Waals surface area contributed by atoms with Gasteiger partial charge in [-0.3, -0.25) is 28.8 Å². The van der Waals surface area contributed by atoms with E-state index >= 15 is 0 Å². The Morgan fingerprint density at radius 3 is 1.67 bits per heavy atom. The van der Waals surface area contributed by atoms with Crippen molar-refractivity contribution >= 4 is 49.6 Å². The summed E-state index contributed by atoms with van der Waals surface area (Å²) >= 11 is 0. The maximum atomic E-state index is 13.3. The summed E-state index contributed by atoms with van der Waals surface area (Å²) in [6.45, 7) is 0.366. The molecule has 1 aromatic carbocycles. The summed E-state index contributed by atoms with van der Waals surface area (Å²) in [7, 11) is -4.88. The van der Waals surface area contributed by atoms with Crippen molar-refractivity contribution in [2.24, 2.45) is 5.73 Å². The Labute approximate surface area is 262 Å². The number of amides is 5. The van der Waals surface area contributed by atoms with Crippen molar-refractivity contribution < 1.29 is 73.8 Å². The van der Waals surface area contributed by atoms with Crippen LogP contribution in [0.15, 0.2) is 24.3 Å². The molecule has 0 aliphatic carbocycles. The van der Waals surface area contributed by atoms with Crippen molar-refractivity contribution in [1.29, 1.82) is 0 Å². The molecule has 0 bridgehead atoms. The number of hydrogen-bond acceptors (Lipinski definition) is 12. The van der Waals surface area contributed by atoms with Crippen LogP contribution in [0.5, 0.6) is 5.75 Å². The van der Waals surface area contributed by atoms with E-state index in [4.69, 9.17) is 25.5 Å². The minimum Gasteiger partial charge on any atom is -0.508 e. The first-order chi connectivity index (χ1) is 21.3. The first-order valence-electron chi connectivity index (χ1n) is 13.6. The van der Waals surface area contributed by atoms with Crippen molar-refractivity contribution in [1.82, 2.24) is 21.3 Å². The molecule has 0 spiro atoms. The number of aromatic hydroxyl groups is 1. The van der Waals surface area contributed by atoms with Gasteiger partial charge in [-0.15, -0.1) is 0 Å². The standard InChI is InChI=1S/C25H37N6O14P/c1-12(26)21(36)31-18(11-45-46(42,43)44)24(39)29-15(6-8-19(27)33)22(37)28-16(7-9-20(34)35)23(38)30-17(25(40)41)10-13-2-4-14(32)5-3-13/h2-5,12,15-18,42-44H,6-11,26H2,1H3,(H8-,27,28,29,30,31,32,33,34,35,36,37,38,39,40,41)/p+2/t12-,15-,16-,17-,18-/m0/s1. The molecule has 0 aromatic heterocycles. The lowest BCUT2D eigenvalue weighted by molar-refractivity contribution is -0.398. The van der Waals surface area contributed by atoms with Gasteiger partial charge in [-0.1, -0.05) is 12.1 Å². The number of aliphatic carboxylic acids is 2. The van der Waals surface area contributed by atoms with Crippen LogP contribution in [0.2, 0.25) is 0 Å². The zero-order valence-corrected chi connectivity index (χ0v) is 25.5. The summed E-state index contributed by atoms with van der Waals surface area (Å²) in [5.41, 5.74) is 9.04. The number of carbonyl (C=O) groups excluding carboxylic acids is 5. The number of benzene rings is 1. The van der Waals surface area contributed by atoms with E-state index in [1.165, 1.54) is 31.2 Å². The lowest BCUT2D eigenvalue weighted by Gasteiger charge is -2.25. The maximum absolute atomic E-state index is 13.3. The van der Waals surface area contributed by atoms with Crippen LogP contribution >= 0.6 is 8.17 Å². The highest BCUT2D eigenvalue weighted by Crippen LogP contribution is 2.45. The number of phenols is 1. The first-order valence-corrected chi connectivity index (χ1v) is 15.1. The number of nitrogens with two attached hydrogens (primary N) is 1. The third kappa shape index (κ3) is 15.5. The summed E-state index contributed by atoms with van der Waals surface area (Å²) in [6, 6.07) is -2.12. The second-order valence-corrected chi connectivity index (χ2v) is 11.4. The molecule has 21 heteroatoms. The second-order valence-electron chi connectivity index (χ2n) is 10.1. The number of nitrogens with one attached hydrogen (secondary N) is 4. The number of carboxylic acids is 2. The number of carbonyl (C=O) groups is 7. The van der Waals surface area contributed by atoms with Gasteiger partial charge in [-0.25, -0.2) is 4.79 Å². The molecule has 0 aliphatic rings. The van der Waals surface area contributed by atoms with Crippen LogP contribution in [0.25, 0.3) is 0 Å². The molecule has 0 unspecified atom stereocenters. The van der Waals surface area contributed by atoms with Gasteiger partial charge in [0.15, 0.2) is 6.04 Å². The second kappa shape index (κ2) is 18.5. The molecule has 0 fully saturated rings. The van der Waals surface area contributed by atoms with Gasteiger partial charge in [-0.2, -0.15) is 19.2 Å². The monoisotopic (exact) mass is 678 g/mol. The topological polar surface area (TPSA) is 352 Å². The first kappa shape index (κ1) is 39.6. The molecule has 1 rings (SSSR count). The molecule has 1 aromatic rings. The molecule has 256 valence electrons. The van der Waals surface area contributed by atoms with Crippen molar-refractivity contribution in [2.75, 3.05) is 6.61 Å². The van der Waals surface area contributed by atoms with E-state index in [0.29, 0.717) is 5.56 Å². The smallest absolute Gasteiger partial charge is 0.508 e. The third-order valence-electron chi connectivity index (χ3n) is 6.08. The number of rotatable bonds is 20. The SMILES string of the molecule is C[C@H]([NH3+])C(=O)N[C@@H](CO[P+](O)(O)O)C(=O)N[C@@H](CCC(N)=O)C(=O)N[C@@H](CCC(=O)O)C(=O)N[C@@H](Cc1ccc(O)cc1)C(=O)O. The third-order valence-corrected chi connectivity index (χ3v) is 6.57. The molecular formula is C25H39N6O14P+2. The fourth-order valence-electron chi connectivity index (χ4n) is 3.65. The molecule has 0 aliphatic heterocycles. The minimum atomic E-state index is -4.88. The largest absolute Gasteiger partial charge is 0.567 e. The molecule has 20 nitrogen and oxygen atoms in total. The number of hydrogen-bond donors (Lipinski definition) is 12. The van der Waals surface area contributed by atoms with Gasteiger partial charge in [0, 0.05) is 19.3 Å². The summed E-state index contributed by atoms with van der Waals surface area (Å²) in [5.74, 6) is -8.06. The zero-order valence-electron chi connectivity index (χ0n) is 24.6. The molecule has 0 saturated carbocycles. The summed E-state index contributed by atoms with van der Waals surface area (Å²) in [5, 5.41) is 37.0. The summed E-state index contributed by atoms with van der Waals surface area (Å²) < 4.78 is 4.43. The van der Waals surface area contributed by atoms with Crippen LogP contribution in [-0.4, -0.2) is 108 Å². The Balaban J connectivity index is 3.23. The van der Waals surface area contributed by atoms with E-state index in [9.17, 15) is 43.8 Å². The lowest BCUT2D eigenvalue weighted by Crippen LogP contribution is -2.68. The molecule has 0 radical (unpaired) electrons. The van der Waals surface area contributed by atoms with Gasteiger partial charge < -0.3 is 48.1 Å². The van der Waals surface area contributed by atoms with Gasteiger partial charge in [0.05, 0.1) is 0 Å². The predicted molar refractivity (Wildman–Crippen MR) is 154 cm³/mol. The Bertz CT molecular complexity index is 1260.